The lowest BCUT2D eigenvalue weighted by Crippen LogP contribution is -2.41. The third kappa shape index (κ3) is 2.43. The predicted octanol–water partition coefficient (Wildman–Crippen LogP) is 4.84. The Bertz CT molecular complexity index is 360. The maximum absolute atomic E-state index is 6.29. The quantitative estimate of drug-likeness (QED) is 0.635. The van der Waals surface area contributed by atoms with E-state index in [0.717, 1.165) is 18.8 Å². The Balaban J connectivity index is 1.96. The number of rotatable bonds is 3. The molecular weight excluding hydrogens is 208 g/mol. The Morgan fingerprint density at radius 2 is 2.06 bits per heavy atom. The SMILES string of the molecule is CC(C)=CCCC1(C)CCC2=C(O1)C(C)C2C. The van der Waals surface area contributed by atoms with E-state index in [1.807, 2.05) is 0 Å². The molecule has 1 nitrogen and oxygen atoms in total. The highest BCUT2D eigenvalue weighted by Crippen LogP contribution is 2.50. The molecule has 0 bridgehead atoms. The second-order valence-electron chi connectivity index (χ2n) is 6.34. The standard InChI is InChI=1S/C16H26O/c1-11(2)7-6-9-16(5)10-8-14-12(3)13(4)15(14)17-16/h7,12-13H,6,8-10H2,1-5H3. The van der Waals surface area contributed by atoms with Crippen molar-refractivity contribution in [1.82, 2.24) is 0 Å². The molecule has 2 rings (SSSR count). The smallest absolute Gasteiger partial charge is 0.106 e. The normalized spacial score (nSPS) is 35.8. The van der Waals surface area contributed by atoms with Crippen molar-refractivity contribution < 1.29 is 4.74 Å². The molecule has 1 heteroatoms. The lowest BCUT2D eigenvalue weighted by Gasteiger charge is -2.47. The van der Waals surface area contributed by atoms with E-state index >= 15 is 0 Å². The van der Waals surface area contributed by atoms with Crippen molar-refractivity contribution in [1.29, 1.82) is 0 Å². The van der Waals surface area contributed by atoms with Crippen LogP contribution in [0.15, 0.2) is 23.0 Å². The molecule has 0 aromatic heterocycles. The van der Waals surface area contributed by atoms with Crippen molar-refractivity contribution in [2.24, 2.45) is 11.8 Å². The highest BCUT2D eigenvalue weighted by atomic mass is 16.5. The Hall–Kier alpha value is -0.720. The zero-order chi connectivity index (χ0) is 12.6. The summed E-state index contributed by atoms with van der Waals surface area (Å²) in [6.07, 6.45) is 7.07. The van der Waals surface area contributed by atoms with Crippen molar-refractivity contribution in [2.45, 2.75) is 65.9 Å². The van der Waals surface area contributed by atoms with Gasteiger partial charge < -0.3 is 4.74 Å². The van der Waals surface area contributed by atoms with Crippen molar-refractivity contribution in [3.8, 4) is 0 Å². The Labute approximate surface area is 106 Å². The van der Waals surface area contributed by atoms with Crippen LogP contribution in [-0.4, -0.2) is 5.60 Å². The average Bonchev–Trinajstić information content (AvgIpc) is 2.27. The third-order valence-electron chi connectivity index (χ3n) is 4.53. The monoisotopic (exact) mass is 234 g/mol. The van der Waals surface area contributed by atoms with E-state index in [1.54, 1.807) is 5.57 Å². The van der Waals surface area contributed by atoms with Gasteiger partial charge in [0.1, 0.15) is 5.60 Å². The van der Waals surface area contributed by atoms with Gasteiger partial charge in [0.25, 0.3) is 0 Å². The van der Waals surface area contributed by atoms with Gasteiger partial charge in [-0.2, -0.15) is 0 Å². The summed E-state index contributed by atoms with van der Waals surface area (Å²) in [7, 11) is 0. The molecule has 0 amide bonds. The van der Waals surface area contributed by atoms with Crippen molar-refractivity contribution in [3.63, 3.8) is 0 Å². The zero-order valence-electron chi connectivity index (χ0n) is 12.0. The molecule has 0 saturated heterocycles. The van der Waals surface area contributed by atoms with E-state index in [0.29, 0.717) is 5.92 Å². The van der Waals surface area contributed by atoms with Gasteiger partial charge in [-0.1, -0.05) is 25.5 Å². The first-order chi connectivity index (χ1) is 7.93. The largest absolute Gasteiger partial charge is 0.492 e. The molecule has 3 atom stereocenters. The van der Waals surface area contributed by atoms with E-state index < -0.39 is 0 Å². The van der Waals surface area contributed by atoms with Gasteiger partial charge in [0, 0.05) is 5.92 Å². The molecule has 0 aromatic carbocycles. The fourth-order valence-electron chi connectivity index (χ4n) is 3.02. The highest BCUT2D eigenvalue weighted by molar-refractivity contribution is 5.29. The fraction of sp³-hybridized carbons (Fsp3) is 0.750. The van der Waals surface area contributed by atoms with Crippen LogP contribution in [0.5, 0.6) is 0 Å². The summed E-state index contributed by atoms with van der Waals surface area (Å²) in [5, 5.41) is 0. The van der Waals surface area contributed by atoms with Crippen LogP contribution in [0.4, 0.5) is 0 Å². The van der Waals surface area contributed by atoms with Crippen LogP contribution in [0.25, 0.3) is 0 Å². The summed E-state index contributed by atoms with van der Waals surface area (Å²) in [5.41, 5.74) is 3.09. The minimum Gasteiger partial charge on any atom is -0.492 e. The lowest BCUT2D eigenvalue weighted by molar-refractivity contribution is -0.0468. The molecule has 1 heterocycles. The molecule has 0 aromatic rings. The first-order valence-corrected chi connectivity index (χ1v) is 6.98. The van der Waals surface area contributed by atoms with Crippen LogP contribution in [0.3, 0.4) is 0 Å². The molecule has 0 fully saturated rings. The summed E-state index contributed by atoms with van der Waals surface area (Å²) >= 11 is 0. The Kier molecular flexibility index (Phi) is 3.38. The fourth-order valence-corrected chi connectivity index (χ4v) is 3.02. The first-order valence-electron chi connectivity index (χ1n) is 6.98. The molecule has 3 unspecified atom stereocenters. The molecular formula is C16H26O. The predicted molar refractivity (Wildman–Crippen MR) is 72.7 cm³/mol. The second-order valence-corrected chi connectivity index (χ2v) is 6.34. The number of hydrogen-bond donors (Lipinski definition) is 0. The van der Waals surface area contributed by atoms with E-state index in [2.05, 4.69) is 40.7 Å². The molecule has 0 radical (unpaired) electrons. The molecule has 2 aliphatic rings. The van der Waals surface area contributed by atoms with Crippen LogP contribution in [0.1, 0.15) is 60.3 Å². The maximum Gasteiger partial charge on any atom is 0.106 e. The van der Waals surface area contributed by atoms with Gasteiger partial charge >= 0.3 is 0 Å². The van der Waals surface area contributed by atoms with Crippen LogP contribution in [0.2, 0.25) is 0 Å². The van der Waals surface area contributed by atoms with Crippen LogP contribution < -0.4 is 0 Å². The molecule has 0 N–H and O–H groups in total. The summed E-state index contributed by atoms with van der Waals surface area (Å²) in [6.45, 7) is 11.2. The van der Waals surface area contributed by atoms with Crippen LogP contribution >= 0.6 is 0 Å². The van der Waals surface area contributed by atoms with Gasteiger partial charge in [-0.05, 0) is 57.9 Å². The van der Waals surface area contributed by atoms with E-state index in [4.69, 9.17) is 4.74 Å². The molecule has 96 valence electrons. The van der Waals surface area contributed by atoms with Crippen molar-refractivity contribution in [3.05, 3.63) is 23.0 Å². The Morgan fingerprint density at radius 3 is 2.71 bits per heavy atom. The number of allylic oxidation sites excluding steroid dienone is 4. The van der Waals surface area contributed by atoms with Crippen LogP contribution in [0, 0.1) is 11.8 Å². The third-order valence-corrected chi connectivity index (χ3v) is 4.53. The molecule has 1 aliphatic carbocycles. The molecule has 0 spiro atoms. The second kappa shape index (κ2) is 4.51. The van der Waals surface area contributed by atoms with Crippen LogP contribution in [-0.2, 0) is 4.74 Å². The molecule has 17 heavy (non-hydrogen) atoms. The molecule has 0 saturated carbocycles. The zero-order valence-corrected chi connectivity index (χ0v) is 12.0. The van der Waals surface area contributed by atoms with Gasteiger partial charge in [0.05, 0.1) is 5.76 Å². The highest BCUT2D eigenvalue weighted by Gasteiger charge is 2.43. The average molecular weight is 234 g/mol. The summed E-state index contributed by atoms with van der Waals surface area (Å²) < 4.78 is 6.29. The summed E-state index contributed by atoms with van der Waals surface area (Å²) in [6, 6.07) is 0. The van der Waals surface area contributed by atoms with E-state index in [-0.39, 0.29) is 5.60 Å². The number of hydrogen-bond acceptors (Lipinski definition) is 1. The summed E-state index contributed by atoms with van der Waals surface area (Å²) in [5.74, 6) is 2.73. The minimum atomic E-state index is 0.0825. The van der Waals surface area contributed by atoms with Gasteiger partial charge in [-0.3, -0.25) is 0 Å². The van der Waals surface area contributed by atoms with E-state index in [9.17, 15) is 0 Å². The van der Waals surface area contributed by atoms with Crippen molar-refractivity contribution >= 4 is 0 Å². The number of ether oxygens (including phenoxy) is 1. The summed E-state index contributed by atoms with van der Waals surface area (Å²) in [4.78, 5) is 0. The Morgan fingerprint density at radius 1 is 1.35 bits per heavy atom. The van der Waals surface area contributed by atoms with Gasteiger partial charge in [0.2, 0.25) is 0 Å². The van der Waals surface area contributed by atoms with Gasteiger partial charge in [-0.25, -0.2) is 0 Å². The maximum atomic E-state index is 6.29. The lowest BCUT2D eigenvalue weighted by atomic mass is 9.69. The molecule has 1 aliphatic heterocycles. The first kappa shape index (κ1) is 12.7. The minimum absolute atomic E-state index is 0.0825. The van der Waals surface area contributed by atoms with Gasteiger partial charge in [0.15, 0.2) is 0 Å². The van der Waals surface area contributed by atoms with Crippen molar-refractivity contribution in [2.75, 3.05) is 0 Å². The topological polar surface area (TPSA) is 9.23 Å². The van der Waals surface area contributed by atoms with E-state index in [1.165, 1.54) is 24.2 Å². The van der Waals surface area contributed by atoms with Gasteiger partial charge in [-0.15, -0.1) is 0 Å².